The molecule has 0 bridgehead atoms. The van der Waals surface area contributed by atoms with Gasteiger partial charge in [0, 0.05) is 11.1 Å². The molecule has 4 rings (SSSR count). The van der Waals surface area contributed by atoms with E-state index in [9.17, 15) is 4.79 Å². The summed E-state index contributed by atoms with van der Waals surface area (Å²) in [6.45, 7) is 0.869. The second-order valence-electron chi connectivity index (χ2n) is 5.67. The van der Waals surface area contributed by atoms with Crippen LogP contribution in [0.5, 0.6) is 0 Å². The average Bonchev–Trinajstić information content (AvgIpc) is 3.23. The Morgan fingerprint density at radius 1 is 1.32 bits per heavy atom. The van der Waals surface area contributed by atoms with Crippen molar-refractivity contribution in [2.45, 2.75) is 38.1 Å². The topological polar surface area (TPSA) is 69.0 Å². The highest BCUT2D eigenvalue weighted by atomic mass is 35.5. The molecule has 1 amide bonds. The Balaban J connectivity index is 1.53. The first-order valence-electron chi connectivity index (χ1n) is 7.31. The van der Waals surface area contributed by atoms with Crippen molar-refractivity contribution in [3.05, 3.63) is 46.2 Å². The second kappa shape index (κ2) is 5.37. The van der Waals surface area contributed by atoms with Crippen LogP contribution in [0.1, 0.15) is 40.7 Å². The van der Waals surface area contributed by atoms with Crippen LogP contribution in [-0.4, -0.2) is 26.9 Å². The second-order valence-corrected chi connectivity index (χ2v) is 6.10. The van der Waals surface area contributed by atoms with E-state index in [1.165, 1.54) is 0 Å². The Bertz CT molecular complexity index is 709. The van der Waals surface area contributed by atoms with E-state index >= 15 is 0 Å². The summed E-state index contributed by atoms with van der Waals surface area (Å²) in [7, 11) is 0. The van der Waals surface area contributed by atoms with Crippen LogP contribution >= 0.6 is 11.6 Å². The molecule has 1 atom stereocenters. The number of nitrogens with one attached hydrogen (secondary N) is 1. The van der Waals surface area contributed by atoms with E-state index in [2.05, 4.69) is 15.6 Å². The molecule has 0 saturated heterocycles. The van der Waals surface area contributed by atoms with Gasteiger partial charge in [-0.15, -0.1) is 5.10 Å². The van der Waals surface area contributed by atoms with Crippen LogP contribution in [0, 0.1) is 0 Å². The van der Waals surface area contributed by atoms with Gasteiger partial charge in [-0.05, 0) is 30.5 Å². The van der Waals surface area contributed by atoms with Gasteiger partial charge in [0.05, 0.1) is 18.8 Å². The number of amides is 1. The van der Waals surface area contributed by atoms with Crippen molar-refractivity contribution in [2.75, 3.05) is 0 Å². The zero-order chi connectivity index (χ0) is 15.1. The van der Waals surface area contributed by atoms with Crippen LogP contribution in [0.2, 0.25) is 5.02 Å². The Labute approximate surface area is 132 Å². The predicted molar refractivity (Wildman–Crippen MR) is 79.5 cm³/mol. The number of hydrogen-bond acceptors (Lipinski definition) is 4. The lowest BCUT2D eigenvalue weighted by molar-refractivity contribution is -0.00177. The normalized spacial score (nSPS) is 20.5. The first kappa shape index (κ1) is 13.7. The summed E-state index contributed by atoms with van der Waals surface area (Å²) >= 11 is 5.90. The number of hydrogen-bond donors (Lipinski definition) is 1. The number of carbonyl (C=O) groups is 1. The standard InChI is InChI=1S/C15H15ClN4O2/c16-10-3-1-9(2-4-10)13-7-20-12(8-22-13)14(18-19-20)15(21)17-11-5-6-11/h1-4,11,13H,5-8H2,(H,17,21)/t13-/m1/s1. The zero-order valence-electron chi connectivity index (χ0n) is 11.8. The molecular formula is C15H15ClN4O2. The first-order valence-corrected chi connectivity index (χ1v) is 7.69. The van der Waals surface area contributed by atoms with Gasteiger partial charge in [-0.25, -0.2) is 4.68 Å². The molecule has 1 aromatic carbocycles. The van der Waals surface area contributed by atoms with Gasteiger partial charge in [0.25, 0.3) is 5.91 Å². The first-order chi connectivity index (χ1) is 10.7. The molecular weight excluding hydrogens is 304 g/mol. The highest BCUT2D eigenvalue weighted by Crippen LogP contribution is 2.28. The average molecular weight is 319 g/mol. The van der Waals surface area contributed by atoms with Crippen molar-refractivity contribution in [2.24, 2.45) is 0 Å². The van der Waals surface area contributed by atoms with Gasteiger partial charge in [-0.1, -0.05) is 28.9 Å². The van der Waals surface area contributed by atoms with Crippen molar-refractivity contribution < 1.29 is 9.53 Å². The summed E-state index contributed by atoms with van der Waals surface area (Å²) in [5.41, 5.74) is 2.15. The van der Waals surface area contributed by atoms with Crippen LogP contribution in [-0.2, 0) is 17.9 Å². The summed E-state index contributed by atoms with van der Waals surface area (Å²) in [6, 6.07) is 7.86. The molecule has 1 N–H and O–H groups in total. The zero-order valence-corrected chi connectivity index (χ0v) is 12.6. The van der Waals surface area contributed by atoms with Gasteiger partial charge >= 0.3 is 0 Å². The number of benzene rings is 1. The smallest absolute Gasteiger partial charge is 0.274 e. The summed E-state index contributed by atoms with van der Waals surface area (Å²) in [5.74, 6) is -0.155. The van der Waals surface area contributed by atoms with Crippen molar-refractivity contribution >= 4 is 17.5 Å². The lowest BCUT2D eigenvalue weighted by Crippen LogP contribution is -2.28. The number of rotatable bonds is 3. The van der Waals surface area contributed by atoms with Crippen molar-refractivity contribution in [1.29, 1.82) is 0 Å². The van der Waals surface area contributed by atoms with E-state index in [1.807, 2.05) is 24.3 Å². The van der Waals surface area contributed by atoms with E-state index < -0.39 is 0 Å². The van der Waals surface area contributed by atoms with Gasteiger partial charge in [0.2, 0.25) is 0 Å². The fraction of sp³-hybridized carbons (Fsp3) is 0.400. The van der Waals surface area contributed by atoms with Gasteiger partial charge in [-0.3, -0.25) is 4.79 Å². The molecule has 1 aliphatic heterocycles. The molecule has 1 aliphatic carbocycles. The summed E-state index contributed by atoms with van der Waals surface area (Å²) < 4.78 is 7.63. The molecule has 0 radical (unpaired) electrons. The highest BCUT2D eigenvalue weighted by molar-refractivity contribution is 6.30. The van der Waals surface area contributed by atoms with Crippen LogP contribution in [0.4, 0.5) is 0 Å². The van der Waals surface area contributed by atoms with Gasteiger partial charge in [0.1, 0.15) is 6.10 Å². The predicted octanol–water partition coefficient (Wildman–Crippen LogP) is 2.10. The number of halogens is 1. The molecule has 114 valence electrons. The molecule has 7 heteroatoms. The molecule has 0 unspecified atom stereocenters. The third kappa shape index (κ3) is 2.60. The molecule has 1 fully saturated rings. The molecule has 0 spiro atoms. The number of carbonyl (C=O) groups excluding carboxylic acids is 1. The Morgan fingerprint density at radius 3 is 2.82 bits per heavy atom. The summed E-state index contributed by atoms with van der Waals surface area (Å²) in [4.78, 5) is 12.1. The molecule has 2 heterocycles. The fourth-order valence-corrected chi connectivity index (χ4v) is 2.67. The molecule has 6 nitrogen and oxygen atoms in total. The minimum Gasteiger partial charge on any atom is -0.365 e. The molecule has 1 aromatic heterocycles. The van der Waals surface area contributed by atoms with E-state index in [0.717, 1.165) is 24.1 Å². The lowest BCUT2D eigenvalue weighted by Gasteiger charge is -2.24. The molecule has 2 aliphatic rings. The van der Waals surface area contributed by atoms with E-state index in [1.54, 1.807) is 4.68 Å². The maximum Gasteiger partial charge on any atom is 0.274 e. The number of aromatic nitrogens is 3. The van der Waals surface area contributed by atoms with Crippen molar-refractivity contribution in [3.63, 3.8) is 0 Å². The van der Waals surface area contributed by atoms with Crippen molar-refractivity contribution in [1.82, 2.24) is 20.3 Å². The van der Waals surface area contributed by atoms with Gasteiger partial charge in [-0.2, -0.15) is 0 Å². The minimum absolute atomic E-state index is 0.106. The number of fused-ring (bicyclic) bond motifs is 1. The van der Waals surface area contributed by atoms with Crippen LogP contribution < -0.4 is 5.32 Å². The Hall–Kier alpha value is -1.92. The van der Waals surface area contributed by atoms with Gasteiger partial charge in [0.15, 0.2) is 5.69 Å². The third-order valence-electron chi connectivity index (χ3n) is 3.97. The quantitative estimate of drug-likeness (QED) is 0.941. The number of ether oxygens (including phenoxy) is 1. The van der Waals surface area contributed by atoms with Crippen LogP contribution in [0.25, 0.3) is 0 Å². The van der Waals surface area contributed by atoms with Gasteiger partial charge < -0.3 is 10.1 Å². The SMILES string of the molecule is O=C(NC1CC1)c1nnn2c1CO[C@@H](c1ccc(Cl)cc1)C2. The molecule has 22 heavy (non-hydrogen) atoms. The summed E-state index contributed by atoms with van der Waals surface area (Å²) in [5, 5.41) is 11.7. The van der Waals surface area contributed by atoms with E-state index in [-0.39, 0.29) is 12.0 Å². The molecule has 1 saturated carbocycles. The molecule has 2 aromatic rings. The number of nitrogens with zero attached hydrogens (tertiary/aromatic N) is 3. The maximum absolute atomic E-state index is 12.1. The van der Waals surface area contributed by atoms with E-state index in [0.29, 0.717) is 29.9 Å². The lowest BCUT2D eigenvalue weighted by atomic mass is 10.1. The van der Waals surface area contributed by atoms with Crippen molar-refractivity contribution in [3.8, 4) is 0 Å². The fourth-order valence-electron chi connectivity index (χ4n) is 2.55. The third-order valence-corrected chi connectivity index (χ3v) is 4.22. The minimum atomic E-state index is -0.155. The monoisotopic (exact) mass is 318 g/mol. The summed E-state index contributed by atoms with van der Waals surface area (Å²) in [6.07, 6.45) is 1.99. The highest BCUT2D eigenvalue weighted by Gasteiger charge is 2.30. The largest absolute Gasteiger partial charge is 0.365 e. The Morgan fingerprint density at radius 2 is 2.09 bits per heavy atom. The Kier molecular flexibility index (Phi) is 3.35. The van der Waals surface area contributed by atoms with Crippen LogP contribution in [0.3, 0.4) is 0 Å². The van der Waals surface area contributed by atoms with E-state index in [4.69, 9.17) is 16.3 Å². The maximum atomic E-state index is 12.1. The van der Waals surface area contributed by atoms with Crippen LogP contribution in [0.15, 0.2) is 24.3 Å².